The van der Waals surface area contributed by atoms with Crippen molar-refractivity contribution in [2.75, 3.05) is 39.8 Å². The number of halogens is 3. The molecule has 5 nitrogen and oxygen atoms in total. The average molecular weight is 346 g/mol. The van der Waals surface area contributed by atoms with E-state index in [1.165, 1.54) is 12.0 Å². The van der Waals surface area contributed by atoms with Crippen molar-refractivity contribution in [1.82, 2.24) is 9.80 Å². The van der Waals surface area contributed by atoms with Gasteiger partial charge in [0.25, 0.3) is 5.91 Å². The molecule has 8 heteroatoms. The zero-order valence-corrected chi connectivity index (χ0v) is 13.4. The molecule has 1 aliphatic rings. The standard InChI is InChI=1S/C16H21F3N2O3/c1-24-13-5-2-4-12(10-13)15(23)21-7-3-6-20(8-9-21)11-14(22)16(17,18)19/h2,4-5,10,14,22H,3,6-9,11H2,1H3/t14-/m1/s1. The summed E-state index contributed by atoms with van der Waals surface area (Å²) in [6.07, 6.45) is -6.43. The van der Waals surface area contributed by atoms with E-state index >= 15 is 0 Å². The molecular weight excluding hydrogens is 325 g/mol. The van der Waals surface area contributed by atoms with Crippen molar-refractivity contribution >= 4 is 5.91 Å². The van der Waals surface area contributed by atoms with Crippen LogP contribution >= 0.6 is 0 Å². The lowest BCUT2D eigenvalue weighted by atomic mass is 10.2. The van der Waals surface area contributed by atoms with Gasteiger partial charge >= 0.3 is 6.18 Å². The maximum absolute atomic E-state index is 12.5. The van der Waals surface area contributed by atoms with Crippen LogP contribution in [0.15, 0.2) is 24.3 Å². The van der Waals surface area contributed by atoms with Crippen LogP contribution < -0.4 is 4.74 Å². The van der Waals surface area contributed by atoms with Crippen LogP contribution in [0.5, 0.6) is 5.75 Å². The maximum atomic E-state index is 12.5. The Morgan fingerprint density at radius 1 is 1.29 bits per heavy atom. The molecule has 1 aliphatic heterocycles. The van der Waals surface area contributed by atoms with Gasteiger partial charge in [0.05, 0.1) is 7.11 Å². The molecular formula is C16H21F3N2O3. The van der Waals surface area contributed by atoms with Crippen molar-refractivity contribution in [3.8, 4) is 5.75 Å². The van der Waals surface area contributed by atoms with E-state index in [-0.39, 0.29) is 5.91 Å². The fourth-order valence-corrected chi connectivity index (χ4v) is 2.64. The molecule has 134 valence electrons. The molecule has 0 aromatic heterocycles. The lowest BCUT2D eigenvalue weighted by molar-refractivity contribution is -0.208. The number of rotatable bonds is 4. The van der Waals surface area contributed by atoms with Crippen molar-refractivity contribution in [3.63, 3.8) is 0 Å². The van der Waals surface area contributed by atoms with Crippen LogP contribution in [0, 0.1) is 0 Å². The first-order chi connectivity index (χ1) is 11.3. The Balaban J connectivity index is 1.96. The second-order valence-corrected chi connectivity index (χ2v) is 5.74. The second-order valence-electron chi connectivity index (χ2n) is 5.74. The van der Waals surface area contributed by atoms with E-state index in [9.17, 15) is 23.1 Å². The fourth-order valence-electron chi connectivity index (χ4n) is 2.64. The highest BCUT2D eigenvalue weighted by Gasteiger charge is 2.39. The summed E-state index contributed by atoms with van der Waals surface area (Å²) in [4.78, 5) is 15.7. The van der Waals surface area contributed by atoms with Gasteiger partial charge in [-0.1, -0.05) is 6.07 Å². The molecule has 0 aliphatic carbocycles. The minimum atomic E-state index is -4.62. The van der Waals surface area contributed by atoms with Crippen LogP contribution in [0.4, 0.5) is 13.2 Å². The summed E-state index contributed by atoms with van der Waals surface area (Å²) in [5.74, 6) is 0.401. The molecule has 1 amide bonds. The van der Waals surface area contributed by atoms with Crippen LogP contribution in [0.3, 0.4) is 0 Å². The molecule has 0 unspecified atom stereocenters. The number of alkyl halides is 3. The number of nitrogens with zero attached hydrogens (tertiary/aromatic N) is 2. The topological polar surface area (TPSA) is 53.0 Å². The van der Waals surface area contributed by atoms with Crippen LogP contribution in [0.1, 0.15) is 16.8 Å². The summed E-state index contributed by atoms with van der Waals surface area (Å²) < 4.78 is 42.4. The number of benzene rings is 1. The second kappa shape index (κ2) is 7.85. The van der Waals surface area contributed by atoms with Gasteiger partial charge in [0.2, 0.25) is 0 Å². The number of amides is 1. The van der Waals surface area contributed by atoms with Gasteiger partial charge in [0, 0.05) is 38.3 Å². The fraction of sp³-hybridized carbons (Fsp3) is 0.562. The molecule has 1 heterocycles. The highest BCUT2D eigenvalue weighted by Crippen LogP contribution is 2.21. The van der Waals surface area contributed by atoms with Gasteiger partial charge in [-0.15, -0.1) is 0 Å². The molecule has 1 aromatic rings. The number of β-amino-alcohol motifs (C(OH)–C–C–N with tert-alkyl or cyclic N) is 1. The largest absolute Gasteiger partial charge is 0.497 e. The van der Waals surface area contributed by atoms with Gasteiger partial charge in [-0.3, -0.25) is 9.69 Å². The van der Waals surface area contributed by atoms with Gasteiger partial charge in [0.1, 0.15) is 5.75 Å². The molecule has 0 spiro atoms. The Morgan fingerprint density at radius 3 is 2.71 bits per heavy atom. The molecule has 1 fully saturated rings. The number of aliphatic hydroxyl groups excluding tert-OH is 1. The quantitative estimate of drug-likeness (QED) is 0.903. The lowest BCUT2D eigenvalue weighted by Crippen LogP contribution is -2.42. The van der Waals surface area contributed by atoms with E-state index in [1.54, 1.807) is 29.2 Å². The van der Waals surface area contributed by atoms with E-state index in [0.29, 0.717) is 43.9 Å². The van der Waals surface area contributed by atoms with E-state index in [4.69, 9.17) is 4.74 Å². The van der Waals surface area contributed by atoms with Crippen molar-refractivity contribution in [2.24, 2.45) is 0 Å². The summed E-state index contributed by atoms with van der Waals surface area (Å²) >= 11 is 0. The molecule has 1 saturated heterocycles. The number of hydrogen-bond donors (Lipinski definition) is 1. The molecule has 1 aromatic carbocycles. The molecule has 24 heavy (non-hydrogen) atoms. The van der Waals surface area contributed by atoms with Crippen LogP contribution in [0.25, 0.3) is 0 Å². The zero-order chi connectivity index (χ0) is 17.7. The number of carbonyl (C=O) groups excluding carboxylic acids is 1. The van der Waals surface area contributed by atoms with Crippen LogP contribution in [0.2, 0.25) is 0 Å². The predicted octanol–water partition coefficient (Wildman–Crippen LogP) is 1.77. The smallest absolute Gasteiger partial charge is 0.415 e. The molecule has 0 saturated carbocycles. The Morgan fingerprint density at radius 2 is 2.04 bits per heavy atom. The van der Waals surface area contributed by atoms with Crippen molar-refractivity contribution in [3.05, 3.63) is 29.8 Å². The summed E-state index contributed by atoms with van der Waals surface area (Å²) in [5, 5.41) is 9.18. The minimum absolute atomic E-state index is 0.174. The Bertz CT molecular complexity index is 566. The number of ether oxygens (including phenoxy) is 1. The summed E-state index contributed by atoms with van der Waals surface area (Å²) in [5.41, 5.74) is 0.484. The van der Waals surface area contributed by atoms with Crippen LogP contribution in [-0.4, -0.2) is 72.9 Å². The molecule has 0 bridgehead atoms. The number of hydrogen-bond acceptors (Lipinski definition) is 4. The number of carbonyl (C=O) groups is 1. The third kappa shape index (κ3) is 4.85. The van der Waals surface area contributed by atoms with E-state index < -0.39 is 18.8 Å². The summed E-state index contributed by atoms with van der Waals surface area (Å²) in [6.45, 7) is 1.03. The highest BCUT2D eigenvalue weighted by molar-refractivity contribution is 5.94. The van der Waals surface area contributed by atoms with E-state index in [0.717, 1.165) is 0 Å². The predicted molar refractivity (Wildman–Crippen MR) is 82.0 cm³/mol. The van der Waals surface area contributed by atoms with Gasteiger partial charge in [-0.2, -0.15) is 13.2 Å². The van der Waals surface area contributed by atoms with Crippen molar-refractivity contribution in [2.45, 2.75) is 18.7 Å². The molecule has 2 rings (SSSR count). The average Bonchev–Trinajstić information content (AvgIpc) is 2.79. The highest BCUT2D eigenvalue weighted by atomic mass is 19.4. The van der Waals surface area contributed by atoms with Crippen molar-refractivity contribution < 1.29 is 27.8 Å². The Kier molecular flexibility index (Phi) is 6.06. The molecule has 1 N–H and O–H groups in total. The number of aliphatic hydroxyl groups is 1. The molecule has 1 atom stereocenters. The first-order valence-electron chi connectivity index (χ1n) is 7.71. The third-order valence-electron chi connectivity index (χ3n) is 4.00. The molecule has 0 radical (unpaired) electrons. The third-order valence-corrected chi connectivity index (χ3v) is 4.00. The van der Waals surface area contributed by atoms with Crippen molar-refractivity contribution in [1.29, 1.82) is 0 Å². The van der Waals surface area contributed by atoms with Gasteiger partial charge < -0.3 is 14.7 Å². The Labute approximate surface area is 138 Å². The van der Waals surface area contributed by atoms with Crippen LogP contribution in [-0.2, 0) is 0 Å². The van der Waals surface area contributed by atoms with Gasteiger partial charge in [-0.05, 0) is 24.6 Å². The lowest BCUT2D eigenvalue weighted by Gasteiger charge is -2.25. The SMILES string of the molecule is COc1cccc(C(=O)N2CCCN(C[C@@H](O)C(F)(F)F)CC2)c1. The van der Waals surface area contributed by atoms with E-state index in [1.807, 2.05) is 0 Å². The minimum Gasteiger partial charge on any atom is -0.497 e. The number of methoxy groups -OCH3 is 1. The maximum Gasteiger partial charge on any atom is 0.415 e. The van der Waals surface area contributed by atoms with E-state index in [2.05, 4.69) is 0 Å². The van der Waals surface area contributed by atoms with Gasteiger partial charge in [-0.25, -0.2) is 0 Å². The Hall–Kier alpha value is -1.80. The summed E-state index contributed by atoms with van der Waals surface area (Å²) in [6, 6.07) is 6.77. The van der Waals surface area contributed by atoms with Gasteiger partial charge in [0.15, 0.2) is 6.10 Å². The first kappa shape index (κ1) is 18.5. The zero-order valence-electron chi connectivity index (χ0n) is 13.4. The summed E-state index contributed by atoms with van der Waals surface area (Å²) in [7, 11) is 1.51. The first-order valence-corrected chi connectivity index (χ1v) is 7.71. The normalized spacial score (nSPS) is 18.1. The monoisotopic (exact) mass is 346 g/mol.